The van der Waals surface area contributed by atoms with Crippen molar-refractivity contribution in [1.29, 1.82) is 5.26 Å². The zero-order valence-electron chi connectivity index (χ0n) is 11.2. The number of aromatic nitrogens is 5. The molecule has 0 spiro atoms. The summed E-state index contributed by atoms with van der Waals surface area (Å²) in [6, 6.07) is 5.81. The van der Waals surface area contributed by atoms with Crippen LogP contribution in [0, 0.1) is 11.3 Å². The van der Waals surface area contributed by atoms with Gasteiger partial charge in [0.2, 0.25) is 5.16 Å². The molecule has 0 fully saturated rings. The monoisotopic (exact) mass is 289 g/mol. The van der Waals surface area contributed by atoms with Gasteiger partial charge in [0.15, 0.2) is 0 Å². The van der Waals surface area contributed by atoms with Gasteiger partial charge in [-0.3, -0.25) is 0 Å². The third kappa shape index (κ3) is 3.76. The van der Waals surface area contributed by atoms with Gasteiger partial charge < -0.3 is 5.32 Å². The van der Waals surface area contributed by atoms with E-state index in [1.165, 1.54) is 11.8 Å². The number of hydrogen-bond acceptors (Lipinski definition) is 7. The Labute approximate surface area is 121 Å². The topological polar surface area (TPSA) is 92.3 Å². The van der Waals surface area contributed by atoms with Crippen LogP contribution in [0.2, 0.25) is 0 Å². The lowest BCUT2D eigenvalue weighted by Gasteiger charge is -2.05. The number of nitrogens with zero attached hydrogens (tertiary/aromatic N) is 6. The Morgan fingerprint density at radius 2 is 2.40 bits per heavy atom. The van der Waals surface area contributed by atoms with E-state index in [0.29, 0.717) is 11.4 Å². The van der Waals surface area contributed by atoms with Crippen molar-refractivity contribution < 1.29 is 0 Å². The third-order valence-electron chi connectivity index (χ3n) is 2.60. The molecule has 1 N–H and O–H groups in total. The molecule has 0 aliphatic rings. The van der Waals surface area contributed by atoms with Crippen LogP contribution < -0.4 is 5.32 Å². The van der Waals surface area contributed by atoms with Crippen molar-refractivity contribution in [3.05, 3.63) is 29.6 Å². The summed E-state index contributed by atoms with van der Waals surface area (Å²) in [5.41, 5.74) is 1.34. The molecule has 8 heteroatoms. The van der Waals surface area contributed by atoms with Crippen LogP contribution in [0.4, 0.5) is 0 Å². The van der Waals surface area contributed by atoms with E-state index < -0.39 is 0 Å². The van der Waals surface area contributed by atoms with E-state index >= 15 is 0 Å². The Kier molecular flexibility index (Phi) is 5.46. The molecule has 2 aromatic rings. The van der Waals surface area contributed by atoms with Gasteiger partial charge in [-0.25, -0.2) is 9.67 Å². The second-order valence-corrected chi connectivity index (χ2v) is 4.89. The summed E-state index contributed by atoms with van der Waals surface area (Å²) in [5.74, 6) is 0.623. The van der Waals surface area contributed by atoms with E-state index in [1.807, 2.05) is 12.1 Å². The van der Waals surface area contributed by atoms with Gasteiger partial charge in [0.1, 0.15) is 11.8 Å². The average Bonchev–Trinajstić information content (AvgIpc) is 2.93. The van der Waals surface area contributed by atoms with Crippen molar-refractivity contribution in [2.24, 2.45) is 0 Å². The molecule has 0 aliphatic carbocycles. The summed E-state index contributed by atoms with van der Waals surface area (Å²) in [4.78, 5) is 4.04. The molecular weight excluding hydrogens is 274 g/mol. The fourth-order valence-electron chi connectivity index (χ4n) is 1.60. The van der Waals surface area contributed by atoms with Gasteiger partial charge in [-0.05, 0) is 28.6 Å². The van der Waals surface area contributed by atoms with Gasteiger partial charge in [0.05, 0.1) is 6.54 Å². The fourth-order valence-corrected chi connectivity index (χ4v) is 2.49. The number of thioether (sulfide) groups is 1. The van der Waals surface area contributed by atoms with Crippen LogP contribution in [-0.4, -0.2) is 38.3 Å². The first-order valence-electron chi connectivity index (χ1n) is 6.28. The first-order chi connectivity index (χ1) is 9.85. The lowest BCUT2D eigenvalue weighted by Crippen LogP contribution is -2.20. The lowest BCUT2D eigenvalue weighted by molar-refractivity contribution is 0.517. The summed E-state index contributed by atoms with van der Waals surface area (Å²) < 4.78 is 1.76. The molecule has 2 heterocycles. The number of rotatable bonds is 7. The second kappa shape index (κ2) is 7.57. The first-order valence-corrected chi connectivity index (χ1v) is 7.27. The van der Waals surface area contributed by atoms with Gasteiger partial charge in [0, 0.05) is 18.5 Å². The number of pyridine rings is 1. The van der Waals surface area contributed by atoms with Crippen LogP contribution in [0.15, 0.2) is 23.5 Å². The number of tetrazole rings is 1. The molecule has 0 radical (unpaired) electrons. The molecule has 0 aromatic carbocycles. The summed E-state index contributed by atoms with van der Waals surface area (Å²) >= 11 is 1.50. The predicted octanol–water partition coefficient (Wildman–Crippen LogP) is 0.842. The Morgan fingerprint density at radius 1 is 1.50 bits per heavy atom. The van der Waals surface area contributed by atoms with Crippen molar-refractivity contribution in [1.82, 2.24) is 30.5 Å². The Morgan fingerprint density at radius 3 is 3.20 bits per heavy atom. The number of hydrogen-bond donors (Lipinski definition) is 1. The summed E-state index contributed by atoms with van der Waals surface area (Å²) in [6.07, 6.45) is 1.62. The summed E-state index contributed by atoms with van der Waals surface area (Å²) in [5, 5.41) is 24.6. The zero-order valence-corrected chi connectivity index (χ0v) is 12.0. The highest BCUT2D eigenvalue weighted by Crippen LogP contribution is 2.20. The minimum absolute atomic E-state index is 0.451. The molecule has 0 saturated carbocycles. The van der Waals surface area contributed by atoms with Gasteiger partial charge in [-0.1, -0.05) is 24.8 Å². The Hall–Kier alpha value is -1.98. The van der Waals surface area contributed by atoms with Crippen LogP contribution in [0.5, 0.6) is 0 Å². The smallest absolute Gasteiger partial charge is 0.209 e. The van der Waals surface area contributed by atoms with Crippen molar-refractivity contribution in [3.8, 4) is 6.07 Å². The van der Waals surface area contributed by atoms with Crippen LogP contribution in [-0.2, 0) is 12.3 Å². The molecule has 0 saturated heterocycles. The number of likely N-dealkylation sites (N-methyl/N-ethyl adjacent to an activating group) is 1. The van der Waals surface area contributed by atoms with Crippen LogP contribution in [0.3, 0.4) is 0 Å². The van der Waals surface area contributed by atoms with Crippen LogP contribution in [0.25, 0.3) is 0 Å². The normalized spacial score (nSPS) is 10.4. The molecule has 0 aliphatic heterocycles. The van der Waals surface area contributed by atoms with Crippen molar-refractivity contribution in [2.45, 2.75) is 24.4 Å². The minimum atomic E-state index is 0.451. The quantitative estimate of drug-likeness (QED) is 0.596. The Bertz CT molecular complexity index is 589. The minimum Gasteiger partial charge on any atom is -0.315 e. The Balaban J connectivity index is 1.97. The van der Waals surface area contributed by atoms with Crippen LogP contribution >= 0.6 is 11.8 Å². The molecule has 0 amide bonds. The molecule has 7 nitrogen and oxygen atoms in total. The molecule has 0 unspecified atom stereocenters. The van der Waals surface area contributed by atoms with E-state index in [1.54, 1.807) is 10.9 Å². The lowest BCUT2D eigenvalue weighted by atomic mass is 10.2. The van der Waals surface area contributed by atoms with Gasteiger partial charge in [0.25, 0.3) is 0 Å². The van der Waals surface area contributed by atoms with E-state index in [0.717, 1.165) is 30.4 Å². The van der Waals surface area contributed by atoms with Gasteiger partial charge >= 0.3 is 0 Å². The molecular formula is C12H15N7S. The molecule has 2 aromatic heterocycles. The predicted molar refractivity (Wildman–Crippen MR) is 74.9 cm³/mol. The standard InChI is InChI=1S/C12H15N7S/c1-2-14-6-7-19-12(16-17-18-19)20-9-10-4-3-5-15-11(10)8-13/h3-5,14H,2,6-7,9H2,1H3. The van der Waals surface area contributed by atoms with Crippen molar-refractivity contribution in [2.75, 3.05) is 13.1 Å². The SMILES string of the molecule is CCNCCn1nnnc1SCc1cccnc1C#N. The summed E-state index contributed by atoms with van der Waals surface area (Å²) in [7, 11) is 0. The van der Waals surface area contributed by atoms with Crippen molar-refractivity contribution >= 4 is 11.8 Å². The molecule has 2 rings (SSSR count). The molecule has 0 bridgehead atoms. The van der Waals surface area contributed by atoms with E-state index in [4.69, 9.17) is 5.26 Å². The second-order valence-electron chi connectivity index (χ2n) is 3.95. The maximum atomic E-state index is 9.00. The van der Waals surface area contributed by atoms with E-state index in [2.05, 4.69) is 38.8 Å². The first kappa shape index (κ1) is 14.4. The maximum absolute atomic E-state index is 9.00. The molecule has 20 heavy (non-hydrogen) atoms. The van der Waals surface area contributed by atoms with E-state index in [9.17, 15) is 0 Å². The van der Waals surface area contributed by atoms with Crippen molar-refractivity contribution in [3.63, 3.8) is 0 Å². The third-order valence-corrected chi connectivity index (χ3v) is 3.61. The fraction of sp³-hybridized carbons (Fsp3) is 0.417. The number of nitriles is 1. The molecule has 104 valence electrons. The summed E-state index contributed by atoms with van der Waals surface area (Å²) in [6.45, 7) is 4.53. The average molecular weight is 289 g/mol. The highest BCUT2D eigenvalue weighted by molar-refractivity contribution is 7.98. The zero-order chi connectivity index (χ0) is 14.2. The molecule has 0 atom stereocenters. The largest absolute Gasteiger partial charge is 0.315 e. The van der Waals surface area contributed by atoms with Crippen LogP contribution in [0.1, 0.15) is 18.2 Å². The number of nitrogens with one attached hydrogen (secondary N) is 1. The highest BCUT2D eigenvalue weighted by Gasteiger charge is 2.09. The van der Waals surface area contributed by atoms with E-state index in [-0.39, 0.29) is 0 Å². The maximum Gasteiger partial charge on any atom is 0.209 e. The van der Waals surface area contributed by atoms with Gasteiger partial charge in [-0.15, -0.1) is 5.10 Å². The van der Waals surface area contributed by atoms with Gasteiger partial charge in [-0.2, -0.15) is 5.26 Å². The highest BCUT2D eigenvalue weighted by atomic mass is 32.2.